The minimum Gasteiger partial charge on any atom is -0.325 e. The van der Waals surface area contributed by atoms with E-state index < -0.39 is 0 Å². The summed E-state index contributed by atoms with van der Waals surface area (Å²) in [7, 11) is 0. The molecular weight excluding hydrogens is 266 g/mol. The average Bonchev–Trinajstić information content (AvgIpc) is 2.56. The molecule has 0 saturated carbocycles. The van der Waals surface area contributed by atoms with E-state index in [0.29, 0.717) is 0 Å². The SMILES string of the molecule is O=C1Nc2cccc3c2C1(CCBr)CCC3. The van der Waals surface area contributed by atoms with Crippen molar-refractivity contribution in [3.63, 3.8) is 0 Å². The Morgan fingerprint density at radius 2 is 2.31 bits per heavy atom. The van der Waals surface area contributed by atoms with Crippen LogP contribution in [0.1, 0.15) is 30.4 Å². The summed E-state index contributed by atoms with van der Waals surface area (Å²) >= 11 is 3.48. The number of carbonyl (C=O) groups is 1. The first-order valence-electron chi connectivity index (χ1n) is 5.78. The Hall–Kier alpha value is -0.830. The number of alkyl halides is 1. The van der Waals surface area contributed by atoms with E-state index in [4.69, 9.17) is 0 Å². The molecule has 2 aliphatic rings. The van der Waals surface area contributed by atoms with Gasteiger partial charge in [0.15, 0.2) is 0 Å². The van der Waals surface area contributed by atoms with Crippen molar-refractivity contribution in [1.29, 1.82) is 0 Å². The monoisotopic (exact) mass is 279 g/mol. The lowest BCUT2D eigenvalue weighted by molar-refractivity contribution is -0.121. The Kier molecular flexibility index (Phi) is 2.32. The number of hydrogen-bond donors (Lipinski definition) is 1. The molecule has 3 rings (SSSR count). The van der Waals surface area contributed by atoms with Gasteiger partial charge in [-0.25, -0.2) is 0 Å². The zero-order valence-electron chi connectivity index (χ0n) is 9.05. The summed E-state index contributed by atoms with van der Waals surface area (Å²) in [5.74, 6) is 0.203. The van der Waals surface area contributed by atoms with Gasteiger partial charge in [-0.05, 0) is 42.9 Å². The Balaban J connectivity index is 2.22. The molecule has 0 bridgehead atoms. The summed E-state index contributed by atoms with van der Waals surface area (Å²) in [5.41, 5.74) is 3.45. The highest BCUT2D eigenvalue weighted by atomic mass is 79.9. The molecule has 1 atom stereocenters. The van der Waals surface area contributed by atoms with Gasteiger partial charge >= 0.3 is 0 Å². The number of halogens is 1. The predicted octanol–water partition coefficient (Wildman–Crippen LogP) is 3.00. The zero-order chi connectivity index (χ0) is 11.2. The summed E-state index contributed by atoms with van der Waals surface area (Å²) in [5, 5.41) is 3.93. The molecule has 0 radical (unpaired) electrons. The maximum absolute atomic E-state index is 12.2. The smallest absolute Gasteiger partial charge is 0.235 e. The largest absolute Gasteiger partial charge is 0.325 e. The van der Waals surface area contributed by atoms with Crippen molar-refractivity contribution < 1.29 is 4.79 Å². The molecule has 1 aliphatic heterocycles. The molecule has 0 spiro atoms. The minimum absolute atomic E-state index is 0.203. The highest BCUT2D eigenvalue weighted by Gasteiger charge is 2.48. The van der Waals surface area contributed by atoms with Gasteiger partial charge in [-0.2, -0.15) is 0 Å². The second-order valence-electron chi connectivity index (χ2n) is 4.67. The fourth-order valence-corrected chi connectivity index (χ4v) is 3.85. The number of carbonyl (C=O) groups excluding carboxylic acids is 1. The van der Waals surface area contributed by atoms with Gasteiger partial charge in [0.05, 0.1) is 5.41 Å². The van der Waals surface area contributed by atoms with Crippen molar-refractivity contribution in [3.8, 4) is 0 Å². The lowest BCUT2D eigenvalue weighted by Crippen LogP contribution is -2.37. The van der Waals surface area contributed by atoms with Gasteiger partial charge in [-0.15, -0.1) is 0 Å². The number of anilines is 1. The molecule has 1 unspecified atom stereocenters. The van der Waals surface area contributed by atoms with Crippen LogP contribution in [0.5, 0.6) is 0 Å². The van der Waals surface area contributed by atoms with Crippen LogP contribution in [0.25, 0.3) is 0 Å². The van der Waals surface area contributed by atoms with Crippen LogP contribution >= 0.6 is 15.9 Å². The van der Waals surface area contributed by atoms with Gasteiger partial charge in [0.2, 0.25) is 5.91 Å². The topological polar surface area (TPSA) is 29.1 Å². The van der Waals surface area contributed by atoms with Gasteiger partial charge < -0.3 is 5.32 Å². The molecule has 1 aliphatic carbocycles. The second kappa shape index (κ2) is 3.59. The lowest BCUT2D eigenvalue weighted by Gasteiger charge is -2.32. The summed E-state index contributed by atoms with van der Waals surface area (Å²) in [6.45, 7) is 0. The molecule has 1 heterocycles. The van der Waals surface area contributed by atoms with Crippen molar-refractivity contribution in [3.05, 3.63) is 29.3 Å². The minimum atomic E-state index is -0.242. The highest BCUT2D eigenvalue weighted by Crippen LogP contribution is 2.48. The van der Waals surface area contributed by atoms with Crippen molar-refractivity contribution in [2.75, 3.05) is 10.6 Å². The quantitative estimate of drug-likeness (QED) is 0.829. The van der Waals surface area contributed by atoms with E-state index in [2.05, 4.69) is 27.3 Å². The van der Waals surface area contributed by atoms with Crippen molar-refractivity contribution in [2.24, 2.45) is 0 Å². The van der Waals surface area contributed by atoms with E-state index in [1.54, 1.807) is 0 Å². The first-order valence-corrected chi connectivity index (χ1v) is 6.90. The molecule has 1 aromatic carbocycles. The maximum atomic E-state index is 12.2. The number of nitrogens with one attached hydrogen (secondary N) is 1. The number of aryl methyl sites for hydroxylation is 1. The summed E-state index contributed by atoms with van der Waals surface area (Å²) in [6, 6.07) is 6.24. The van der Waals surface area contributed by atoms with E-state index in [1.807, 2.05) is 12.1 Å². The molecule has 84 valence electrons. The summed E-state index contributed by atoms with van der Waals surface area (Å²) in [4.78, 5) is 12.2. The van der Waals surface area contributed by atoms with Gasteiger partial charge in [-0.1, -0.05) is 28.1 Å². The van der Waals surface area contributed by atoms with Gasteiger partial charge in [-0.3, -0.25) is 4.79 Å². The van der Waals surface area contributed by atoms with Crippen molar-refractivity contribution in [2.45, 2.75) is 31.1 Å². The Morgan fingerprint density at radius 3 is 3.12 bits per heavy atom. The molecule has 0 saturated heterocycles. The molecular formula is C13H14BrNO. The third-order valence-electron chi connectivity index (χ3n) is 3.88. The summed E-state index contributed by atoms with van der Waals surface area (Å²) in [6.07, 6.45) is 4.14. The maximum Gasteiger partial charge on any atom is 0.235 e. The van der Waals surface area contributed by atoms with Crippen LogP contribution in [0.2, 0.25) is 0 Å². The van der Waals surface area contributed by atoms with E-state index in [0.717, 1.165) is 36.7 Å². The lowest BCUT2D eigenvalue weighted by atomic mass is 9.69. The van der Waals surface area contributed by atoms with E-state index in [9.17, 15) is 4.79 Å². The standard InChI is InChI=1S/C13H14BrNO/c14-8-7-13-6-2-4-9-3-1-5-10(11(9)13)15-12(13)16/h1,3,5H,2,4,6-8H2,(H,15,16). The van der Waals surface area contributed by atoms with Gasteiger partial charge in [0.1, 0.15) is 0 Å². The molecule has 1 amide bonds. The first-order chi connectivity index (χ1) is 7.78. The third kappa shape index (κ3) is 1.21. The normalized spacial score (nSPS) is 26.4. The van der Waals surface area contributed by atoms with Gasteiger partial charge in [0, 0.05) is 11.0 Å². The number of rotatable bonds is 2. The highest BCUT2D eigenvalue weighted by molar-refractivity contribution is 9.09. The van der Waals surface area contributed by atoms with Crippen LogP contribution in [0, 0.1) is 0 Å². The van der Waals surface area contributed by atoms with Crippen LogP contribution in [0.15, 0.2) is 18.2 Å². The van der Waals surface area contributed by atoms with E-state index >= 15 is 0 Å². The summed E-state index contributed by atoms with van der Waals surface area (Å²) < 4.78 is 0. The predicted molar refractivity (Wildman–Crippen MR) is 68.1 cm³/mol. The molecule has 3 heteroatoms. The zero-order valence-corrected chi connectivity index (χ0v) is 10.6. The number of hydrogen-bond acceptors (Lipinski definition) is 1. The van der Waals surface area contributed by atoms with E-state index in [-0.39, 0.29) is 11.3 Å². The third-order valence-corrected chi connectivity index (χ3v) is 4.28. The first kappa shape index (κ1) is 10.3. The van der Waals surface area contributed by atoms with Crippen LogP contribution < -0.4 is 5.32 Å². The number of benzene rings is 1. The molecule has 1 aromatic rings. The van der Waals surface area contributed by atoms with Crippen molar-refractivity contribution >= 4 is 27.5 Å². The molecule has 0 fully saturated rings. The fraction of sp³-hybridized carbons (Fsp3) is 0.462. The Morgan fingerprint density at radius 1 is 1.44 bits per heavy atom. The Bertz CT molecular complexity index is 457. The molecule has 2 nitrogen and oxygen atoms in total. The molecule has 1 N–H and O–H groups in total. The number of amides is 1. The van der Waals surface area contributed by atoms with E-state index in [1.165, 1.54) is 11.1 Å². The van der Waals surface area contributed by atoms with Crippen LogP contribution in [0.3, 0.4) is 0 Å². The Labute approximate surface area is 104 Å². The second-order valence-corrected chi connectivity index (χ2v) is 5.46. The fourth-order valence-electron chi connectivity index (χ4n) is 3.18. The molecule has 16 heavy (non-hydrogen) atoms. The average molecular weight is 280 g/mol. The van der Waals surface area contributed by atoms with Crippen LogP contribution in [-0.2, 0) is 16.6 Å². The molecule has 0 aromatic heterocycles. The van der Waals surface area contributed by atoms with Crippen molar-refractivity contribution in [1.82, 2.24) is 0 Å². The van der Waals surface area contributed by atoms with Crippen LogP contribution in [0.4, 0.5) is 5.69 Å². The van der Waals surface area contributed by atoms with Crippen LogP contribution in [-0.4, -0.2) is 11.2 Å². The van der Waals surface area contributed by atoms with Gasteiger partial charge in [0.25, 0.3) is 0 Å².